The lowest BCUT2D eigenvalue weighted by Crippen LogP contribution is -2.48. The van der Waals surface area contributed by atoms with E-state index in [1.807, 2.05) is 6.92 Å². The van der Waals surface area contributed by atoms with E-state index in [2.05, 4.69) is 10.4 Å². The number of aromatic nitrogens is 2. The predicted octanol–water partition coefficient (Wildman–Crippen LogP) is 0.513. The molecule has 1 aromatic rings. The molecule has 0 spiro atoms. The van der Waals surface area contributed by atoms with Gasteiger partial charge in [0.15, 0.2) is 0 Å². The lowest BCUT2D eigenvalue weighted by molar-refractivity contribution is -0.142. The number of hydrogen-bond acceptors (Lipinski definition) is 4. The van der Waals surface area contributed by atoms with Gasteiger partial charge in [0.2, 0.25) is 0 Å². The van der Waals surface area contributed by atoms with Crippen LogP contribution in [0, 0.1) is 5.92 Å². The van der Waals surface area contributed by atoms with Crippen molar-refractivity contribution in [1.29, 1.82) is 0 Å². The van der Waals surface area contributed by atoms with Gasteiger partial charge < -0.3 is 15.2 Å². The fourth-order valence-corrected chi connectivity index (χ4v) is 2.29. The molecular formula is C13H19N3O4. The zero-order chi connectivity index (χ0) is 14.5. The van der Waals surface area contributed by atoms with E-state index in [1.165, 1.54) is 6.20 Å². The molecule has 2 N–H and O–H groups in total. The second-order valence-electron chi connectivity index (χ2n) is 4.85. The van der Waals surface area contributed by atoms with Gasteiger partial charge in [-0.1, -0.05) is 0 Å². The second-order valence-corrected chi connectivity index (χ2v) is 4.85. The zero-order valence-electron chi connectivity index (χ0n) is 11.4. The summed E-state index contributed by atoms with van der Waals surface area (Å²) < 4.78 is 6.91. The third-order valence-electron chi connectivity index (χ3n) is 3.44. The highest BCUT2D eigenvalue weighted by molar-refractivity contribution is 5.96. The molecule has 2 heterocycles. The van der Waals surface area contributed by atoms with E-state index in [4.69, 9.17) is 4.74 Å². The molecule has 2 unspecified atom stereocenters. The molecule has 2 rings (SSSR count). The number of amides is 1. The van der Waals surface area contributed by atoms with Crippen LogP contribution >= 0.6 is 0 Å². The molecule has 7 heteroatoms. The maximum absolute atomic E-state index is 12.1. The van der Waals surface area contributed by atoms with Gasteiger partial charge in [0.25, 0.3) is 5.91 Å². The van der Waals surface area contributed by atoms with Crippen LogP contribution in [0.4, 0.5) is 0 Å². The van der Waals surface area contributed by atoms with Crippen LogP contribution in [0.2, 0.25) is 0 Å². The summed E-state index contributed by atoms with van der Waals surface area (Å²) in [6, 6.07) is -0.923. The van der Waals surface area contributed by atoms with Crippen molar-refractivity contribution < 1.29 is 19.4 Å². The molecule has 2 atom stereocenters. The van der Waals surface area contributed by atoms with E-state index in [9.17, 15) is 14.7 Å². The maximum atomic E-state index is 12.1. The summed E-state index contributed by atoms with van der Waals surface area (Å²) in [5, 5.41) is 15.9. The van der Waals surface area contributed by atoms with Crippen LogP contribution in [0.25, 0.3) is 0 Å². The van der Waals surface area contributed by atoms with Gasteiger partial charge in [0, 0.05) is 25.3 Å². The van der Waals surface area contributed by atoms with Crippen LogP contribution in [0.1, 0.15) is 30.1 Å². The molecule has 110 valence electrons. The number of carbonyl (C=O) groups excluding carboxylic acids is 1. The van der Waals surface area contributed by atoms with Crippen LogP contribution in [0.5, 0.6) is 0 Å². The molecule has 0 aliphatic carbocycles. The van der Waals surface area contributed by atoms with Crippen LogP contribution in [0.3, 0.4) is 0 Å². The quantitative estimate of drug-likeness (QED) is 0.820. The van der Waals surface area contributed by atoms with Crippen LogP contribution in [0.15, 0.2) is 12.4 Å². The largest absolute Gasteiger partial charge is 0.480 e. The molecular weight excluding hydrogens is 262 g/mol. The molecule has 1 aliphatic rings. The van der Waals surface area contributed by atoms with Gasteiger partial charge in [-0.05, 0) is 19.8 Å². The summed E-state index contributed by atoms with van der Waals surface area (Å²) in [5.74, 6) is -1.63. The third-order valence-corrected chi connectivity index (χ3v) is 3.44. The number of rotatable bonds is 5. The number of nitrogens with zero attached hydrogens (tertiary/aromatic N) is 2. The molecule has 1 fully saturated rings. The van der Waals surface area contributed by atoms with Crippen LogP contribution in [-0.2, 0) is 16.1 Å². The first kappa shape index (κ1) is 14.5. The third kappa shape index (κ3) is 3.36. The van der Waals surface area contributed by atoms with Gasteiger partial charge in [-0.25, -0.2) is 4.79 Å². The normalized spacial score (nSPS) is 20.4. The number of carboxylic acids is 1. The summed E-state index contributed by atoms with van der Waals surface area (Å²) >= 11 is 0. The zero-order valence-corrected chi connectivity index (χ0v) is 11.4. The summed E-state index contributed by atoms with van der Waals surface area (Å²) in [5.41, 5.74) is 0.370. The van der Waals surface area contributed by atoms with Gasteiger partial charge in [-0.3, -0.25) is 9.48 Å². The second kappa shape index (κ2) is 6.51. The molecule has 1 aliphatic heterocycles. The number of ether oxygens (including phenoxy) is 1. The van der Waals surface area contributed by atoms with Crippen molar-refractivity contribution in [3.05, 3.63) is 18.0 Å². The lowest BCUT2D eigenvalue weighted by atomic mass is 9.93. The fraction of sp³-hybridized carbons (Fsp3) is 0.615. The van der Waals surface area contributed by atoms with E-state index in [0.717, 1.165) is 12.8 Å². The summed E-state index contributed by atoms with van der Waals surface area (Å²) in [4.78, 5) is 23.4. The van der Waals surface area contributed by atoms with Crippen LogP contribution in [-0.4, -0.2) is 46.0 Å². The highest BCUT2D eigenvalue weighted by atomic mass is 16.5. The summed E-state index contributed by atoms with van der Waals surface area (Å²) in [6.45, 7) is 3.59. The summed E-state index contributed by atoms with van der Waals surface area (Å²) in [7, 11) is 0. The van der Waals surface area contributed by atoms with Crippen molar-refractivity contribution in [1.82, 2.24) is 15.1 Å². The monoisotopic (exact) mass is 281 g/mol. The van der Waals surface area contributed by atoms with Crippen molar-refractivity contribution in [2.24, 2.45) is 5.92 Å². The average Bonchev–Trinajstić information content (AvgIpc) is 2.94. The first-order valence-corrected chi connectivity index (χ1v) is 6.75. The molecule has 20 heavy (non-hydrogen) atoms. The molecule has 0 radical (unpaired) electrons. The number of aryl methyl sites for hydroxylation is 1. The Morgan fingerprint density at radius 1 is 1.65 bits per heavy atom. The first-order valence-electron chi connectivity index (χ1n) is 6.75. The van der Waals surface area contributed by atoms with Gasteiger partial charge >= 0.3 is 5.97 Å². The van der Waals surface area contributed by atoms with Crippen molar-refractivity contribution in [3.8, 4) is 0 Å². The Bertz CT molecular complexity index is 480. The highest BCUT2D eigenvalue weighted by Gasteiger charge is 2.31. The molecule has 0 saturated carbocycles. The van der Waals surface area contributed by atoms with Gasteiger partial charge in [-0.2, -0.15) is 5.10 Å². The number of carbonyl (C=O) groups is 2. The Hall–Kier alpha value is -1.89. The SMILES string of the molecule is CCn1cc(C(=O)NC(C(=O)O)C2CCCOC2)cn1. The van der Waals surface area contributed by atoms with Crippen molar-refractivity contribution in [2.45, 2.75) is 32.4 Å². The minimum atomic E-state index is -1.03. The molecule has 0 aromatic carbocycles. The number of hydrogen-bond donors (Lipinski definition) is 2. The minimum Gasteiger partial charge on any atom is -0.480 e. The van der Waals surface area contributed by atoms with Gasteiger partial charge in [0.1, 0.15) is 6.04 Å². The van der Waals surface area contributed by atoms with Gasteiger partial charge in [-0.15, -0.1) is 0 Å². The number of aliphatic carboxylic acids is 1. The topological polar surface area (TPSA) is 93.5 Å². The highest BCUT2D eigenvalue weighted by Crippen LogP contribution is 2.18. The smallest absolute Gasteiger partial charge is 0.326 e. The average molecular weight is 281 g/mol. The van der Waals surface area contributed by atoms with Crippen molar-refractivity contribution in [2.75, 3.05) is 13.2 Å². The molecule has 1 saturated heterocycles. The van der Waals surface area contributed by atoms with Crippen molar-refractivity contribution >= 4 is 11.9 Å². The summed E-state index contributed by atoms with van der Waals surface area (Å²) in [6.07, 6.45) is 4.60. The molecule has 0 bridgehead atoms. The Balaban J connectivity index is 2.03. The van der Waals surface area contributed by atoms with Crippen molar-refractivity contribution in [3.63, 3.8) is 0 Å². The lowest BCUT2D eigenvalue weighted by Gasteiger charge is -2.27. The van der Waals surface area contributed by atoms with E-state index >= 15 is 0 Å². The van der Waals surface area contributed by atoms with E-state index in [0.29, 0.717) is 25.3 Å². The fourth-order valence-electron chi connectivity index (χ4n) is 2.29. The van der Waals surface area contributed by atoms with Crippen LogP contribution < -0.4 is 5.32 Å². The minimum absolute atomic E-state index is 0.188. The standard InChI is InChI=1S/C13H19N3O4/c1-2-16-7-10(6-14-16)12(17)15-11(13(18)19)9-4-3-5-20-8-9/h6-7,9,11H,2-5,8H2,1H3,(H,15,17)(H,18,19). The molecule has 1 aromatic heterocycles. The van der Waals surface area contributed by atoms with Gasteiger partial charge in [0.05, 0.1) is 18.4 Å². The maximum Gasteiger partial charge on any atom is 0.326 e. The molecule has 7 nitrogen and oxygen atoms in total. The first-order chi connectivity index (χ1) is 9.61. The Morgan fingerprint density at radius 2 is 2.45 bits per heavy atom. The number of carboxylic acid groups (broad SMARTS) is 1. The Labute approximate surface area is 116 Å². The van der Waals surface area contributed by atoms with E-state index in [1.54, 1.807) is 10.9 Å². The Morgan fingerprint density at radius 3 is 3.00 bits per heavy atom. The number of nitrogens with one attached hydrogen (secondary N) is 1. The van der Waals surface area contributed by atoms with E-state index < -0.39 is 17.9 Å². The van der Waals surface area contributed by atoms with E-state index in [-0.39, 0.29) is 5.92 Å². The Kier molecular flexibility index (Phi) is 4.73. The predicted molar refractivity (Wildman–Crippen MR) is 70.3 cm³/mol. The molecule has 1 amide bonds.